The number of ketones is 2. The van der Waals surface area contributed by atoms with Gasteiger partial charge in [-0.3, -0.25) is 19.2 Å². The summed E-state index contributed by atoms with van der Waals surface area (Å²) in [6.07, 6.45) is 11.7. The number of likely N-dealkylation sites (tertiary alicyclic amines) is 1. The van der Waals surface area contributed by atoms with Gasteiger partial charge in [0.25, 0.3) is 0 Å². The lowest BCUT2D eigenvalue weighted by Crippen LogP contribution is -2.50. The van der Waals surface area contributed by atoms with Gasteiger partial charge < -0.3 is 10.6 Å². The Hall–Kier alpha value is -1.85. The molecule has 2 saturated heterocycles. The molecule has 6 aliphatic rings. The van der Waals surface area contributed by atoms with Gasteiger partial charge in [-0.25, -0.2) is 4.72 Å². The van der Waals surface area contributed by atoms with Crippen LogP contribution in [0.5, 0.6) is 0 Å². The van der Waals surface area contributed by atoms with Crippen LogP contribution in [0, 0.1) is 44.8 Å². The molecule has 0 aromatic heterocycles. The lowest BCUT2D eigenvalue weighted by atomic mass is 9.73. The van der Waals surface area contributed by atoms with Gasteiger partial charge >= 0.3 is 10.2 Å². The van der Waals surface area contributed by atoms with Crippen LogP contribution in [0.1, 0.15) is 138 Å². The van der Waals surface area contributed by atoms with E-state index in [1.165, 1.54) is 10.7 Å². The van der Waals surface area contributed by atoms with Gasteiger partial charge in [-0.05, 0) is 79.4 Å². The van der Waals surface area contributed by atoms with E-state index in [2.05, 4.69) is 18.6 Å². The zero-order valence-corrected chi connectivity index (χ0v) is 31.8. The van der Waals surface area contributed by atoms with Gasteiger partial charge in [0.2, 0.25) is 11.8 Å². The Morgan fingerprint density at radius 3 is 2.06 bits per heavy atom. The van der Waals surface area contributed by atoms with Crippen LogP contribution in [0.15, 0.2) is 0 Å². The number of hydrogen-bond donors (Lipinski definition) is 2. The van der Waals surface area contributed by atoms with Crippen LogP contribution in [0.4, 0.5) is 0 Å². The number of rotatable bonds is 12. The summed E-state index contributed by atoms with van der Waals surface area (Å²) in [4.78, 5) is 58.8. The van der Waals surface area contributed by atoms with Gasteiger partial charge in [0.1, 0.15) is 0 Å². The quantitative estimate of drug-likeness (QED) is 0.286. The molecule has 2 aliphatic heterocycles. The smallest absolute Gasteiger partial charge is 0.303 e. The maximum Gasteiger partial charge on any atom is 0.303 e. The maximum absolute atomic E-state index is 14.9. The number of carbonyl (C=O) groups excluding carboxylic acids is 4. The van der Waals surface area contributed by atoms with Crippen LogP contribution in [-0.4, -0.2) is 72.7 Å². The number of fused-ring (bicyclic) bond motifs is 1. The zero-order valence-electron chi connectivity index (χ0n) is 30.9. The zero-order chi connectivity index (χ0) is 35.8. The van der Waals surface area contributed by atoms with Gasteiger partial charge in [-0.1, -0.05) is 73.6 Å². The number of nitrogens with zero attached hydrogens (tertiary/aromatic N) is 2. The fourth-order valence-electron chi connectivity index (χ4n) is 11.3. The summed E-state index contributed by atoms with van der Waals surface area (Å²) >= 11 is 0. The van der Waals surface area contributed by atoms with Crippen molar-refractivity contribution in [3.8, 4) is 0 Å². The normalized spacial score (nSPS) is 33.7. The van der Waals surface area contributed by atoms with Crippen LogP contribution >= 0.6 is 0 Å². The van der Waals surface area contributed by atoms with Gasteiger partial charge in [-0.15, -0.1) is 0 Å². The molecular formula is C38H62N4O6S. The Morgan fingerprint density at radius 1 is 0.918 bits per heavy atom. The third-order valence-corrected chi connectivity index (χ3v) is 16.5. The van der Waals surface area contributed by atoms with Gasteiger partial charge in [0.15, 0.2) is 11.6 Å². The van der Waals surface area contributed by atoms with Crippen LogP contribution < -0.4 is 10.5 Å². The van der Waals surface area contributed by atoms with E-state index < -0.39 is 44.9 Å². The molecule has 0 bridgehead atoms. The molecule has 6 atom stereocenters. The van der Waals surface area contributed by atoms with Gasteiger partial charge in [-0.2, -0.15) is 12.7 Å². The van der Waals surface area contributed by atoms with E-state index in [9.17, 15) is 27.6 Å². The van der Waals surface area contributed by atoms with Crippen LogP contribution in [0.25, 0.3) is 0 Å². The largest absolute Gasteiger partial charge is 0.332 e. The van der Waals surface area contributed by atoms with Gasteiger partial charge in [0.05, 0.1) is 17.5 Å². The number of amides is 2. The molecule has 6 fully saturated rings. The van der Waals surface area contributed by atoms with E-state index in [1.807, 2.05) is 27.7 Å². The monoisotopic (exact) mass is 702 g/mol. The Bertz CT molecular complexity index is 1450. The predicted octanol–water partition coefficient (Wildman–Crippen LogP) is 5.15. The second kappa shape index (κ2) is 12.7. The minimum Gasteiger partial charge on any atom is -0.332 e. The van der Waals surface area contributed by atoms with Crippen molar-refractivity contribution in [3.05, 3.63) is 0 Å². The van der Waals surface area contributed by atoms with E-state index in [4.69, 9.17) is 5.73 Å². The summed E-state index contributed by atoms with van der Waals surface area (Å²) in [7, 11) is -3.99. The molecule has 2 spiro atoms. The summed E-state index contributed by atoms with van der Waals surface area (Å²) in [5.41, 5.74) is 4.80. The van der Waals surface area contributed by atoms with E-state index in [1.54, 1.807) is 4.90 Å². The molecule has 0 aromatic rings. The Balaban J connectivity index is 1.26. The van der Waals surface area contributed by atoms with Crippen molar-refractivity contribution in [2.24, 2.45) is 50.6 Å². The number of carbonyl (C=O) groups is 4. The molecule has 0 aromatic carbocycles. The molecule has 2 amide bonds. The van der Waals surface area contributed by atoms with Crippen molar-refractivity contribution < 1.29 is 27.6 Å². The van der Waals surface area contributed by atoms with Crippen LogP contribution in [0.3, 0.4) is 0 Å². The molecule has 49 heavy (non-hydrogen) atoms. The van der Waals surface area contributed by atoms with Crippen LogP contribution in [-0.2, 0) is 29.4 Å². The first-order valence-corrected chi connectivity index (χ1v) is 20.8. The van der Waals surface area contributed by atoms with Crippen molar-refractivity contribution in [3.63, 3.8) is 0 Å². The summed E-state index contributed by atoms with van der Waals surface area (Å²) < 4.78 is 29.8. The minimum absolute atomic E-state index is 0.0351. The number of Topliss-reactive ketones (excluding diaryl/α,β-unsaturated/α-hetero) is 2. The third kappa shape index (κ3) is 5.93. The fourth-order valence-corrected chi connectivity index (χ4v) is 12.6. The molecule has 4 aliphatic carbocycles. The SMILES string of the molecule is CC[C@@H]1C[C@]1(CC(=O)[C@@H]1C[C@@]2(CN1C(=O)[C@@H](CC(=O)[C@@H](N)C1CCCCC1)C(C)(C)C)C(C)(C)C21CCC1)C(=O)NS(=O)(=O)N1CCCC1. The van der Waals surface area contributed by atoms with Gasteiger partial charge in [0, 0.05) is 43.8 Å². The highest BCUT2D eigenvalue weighted by molar-refractivity contribution is 7.87. The van der Waals surface area contributed by atoms with Crippen molar-refractivity contribution in [2.45, 2.75) is 150 Å². The Morgan fingerprint density at radius 2 is 1.55 bits per heavy atom. The second-order valence-corrected chi connectivity index (χ2v) is 20.2. The van der Waals surface area contributed by atoms with Crippen molar-refractivity contribution in [1.29, 1.82) is 0 Å². The molecule has 0 radical (unpaired) electrons. The molecule has 276 valence electrons. The molecule has 11 heteroatoms. The average molecular weight is 703 g/mol. The first-order valence-electron chi connectivity index (χ1n) is 19.3. The highest BCUT2D eigenvalue weighted by Gasteiger charge is 2.85. The fraction of sp³-hybridized carbons (Fsp3) is 0.895. The first-order chi connectivity index (χ1) is 22.9. The highest BCUT2D eigenvalue weighted by atomic mass is 32.2. The Kier molecular flexibility index (Phi) is 9.55. The summed E-state index contributed by atoms with van der Waals surface area (Å²) in [5, 5.41) is 0. The summed E-state index contributed by atoms with van der Waals surface area (Å²) in [5.74, 6) is -1.58. The maximum atomic E-state index is 14.9. The highest BCUT2D eigenvalue weighted by Crippen LogP contribution is 2.88. The van der Waals surface area contributed by atoms with Crippen molar-refractivity contribution >= 4 is 33.6 Å². The molecule has 6 rings (SSSR count). The second-order valence-electron chi connectivity index (χ2n) is 18.5. The molecular weight excluding hydrogens is 641 g/mol. The lowest BCUT2D eigenvalue weighted by molar-refractivity contribution is -0.146. The molecule has 2 heterocycles. The number of nitrogens with two attached hydrogens (primary N) is 1. The van der Waals surface area contributed by atoms with E-state index in [-0.39, 0.29) is 58.4 Å². The van der Waals surface area contributed by atoms with Crippen molar-refractivity contribution in [2.75, 3.05) is 19.6 Å². The number of hydrogen-bond acceptors (Lipinski definition) is 7. The molecule has 4 saturated carbocycles. The Labute approximate surface area is 294 Å². The van der Waals surface area contributed by atoms with E-state index in [0.717, 1.165) is 57.8 Å². The molecule has 0 unspecified atom stereocenters. The van der Waals surface area contributed by atoms with E-state index >= 15 is 0 Å². The lowest BCUT2D eigenvalue weighted by Gasteiger charge is -2.36. The minimum atomic E-state index is -3.99. The predicted molar refractivity (Wildman–Crippen MR) is 188 cm³/mol. The van der Waals surface area contributed by atoms with Crippen LogP contribution in [0.2, 0.25) is 0 Å². The third-order valence-electron chi connectivity index (χ3n) is 15.0. The molecule has 10 nitrogen and oxygen atoms in total. The van der Waals surface area contributed by atoms with Crippen molar-refractivity contribution in [1.82, 2.24) is 13.9 Å². The average Bonchev–Trinajstić information content (AvgIpc) is 3.49. The standard InChI is InChI=1S/C38H62N4O6S/c1-7-26-21-36(26,33(46)40-49(47,48)41-18-11-12-19-41)23-30(44)28-22-38(35(5,6)37(38)16-13-17-37)24-42(28)32(45)27(34(2,3)4)20-29(43)31(39)25-14-9-8-10-15-25/h25-28,31H,7-24,39H2,1-6H3,(H,40,46)/t26-,27-,28+,31+,36-,38-/m1/s1. The number of nitrogens with one attached hydrogen (secondary N) is 1. The summed E-state index contributed by atoms with van der Waals surface area (Å²) in [6, 6.07) is -1.30. The topological polar surface area (TPSA) is 147 Å². The van der Waals surface area contributed by atoms with E-state index in [0.29, 0.717) is 38.9 Å². The molecule has 3 N–H and O–H groups in total. The summed E-state index contributed by atoms with van der Waals surface area (Å²) in [6.45, 7) is 13.7. The first kappa shape index (κ1) is 36.9.